The second-order valence-electron chi connectivity index (χ2n) is 4.44. The monoisotopic (exact) mass is 199 g/mol. The Hall–Kier alpha value is -0.0800. The van der Waals surface area contributed by atoms with E-state index in [1.165, 1.54) is 32.1 Å². The molecule has 1 N–H and O–H groups in total. The van der Waals surface area contributed by atoms with E-state index in [0.29, 0.717) is 12.0 Å². The van der Waals surface area contributed by atoms with E-state index in [4.69, 9.17) is 4.74 Å². The summed E-state index contributed by atoms with van der Waals surface area (Å²) < 4.78 is 5.90. The molecule has 0 saturated carbocycles. The lowest BCUT2D eigenvalue weighted by atomic mass is 9.98. The van der Waals surface area contributed by atoms with Gasteiger partial charge < -0.3 is 10.1 Å². The molecule has 2 unspecified atom stereocenters. The van der Waals surface area contributed by atoms with Crippen LogP contribution in [-0.2, 0) is 4.74 Å². The van der Waals surface area contributed by atoms with Crippen LogP contribution < -0.4 is 5.32 Å². The molecule has 2 heteroatoms. The van der Waals surface area contributed by atoms with Gasteiger partial charge in [0.1, 0.15) is 0 Å². The molecule has 0 aromatic carbocycles. The maximum Gasteiger partial charge on any atom is 0.0624 e. The highest BCUT2D eigenvalue weighted by atomic mass is 16.5. The topological polar surface area (TPSA) is 21.3 Å². The number of hydrogen-bond acceptors (Lipinski definition) is 2. The Morgan fingerprint density at radius 1 is 1.29 bits per heavy atom. The molecule has 0 aromatic heterocycles. The van der Waals surface area contributed by atoms with E-state index in [1.54, 1.807) is 0 Å². The molecule has 0 bridgehead atoms. The fraction of sp³-hybridized carbons (Fsp3) is 1.00. The van der Waals surface area contributed by atoms with E-state index < -0.39 is 0 Å². The molecule has 0 radical (unpaired) electrons. The standard InChI is InChI=1S/C12H25NO/c1-3-4-5-6-9-14-12-7-8-13-10-11(12)2/h11-13H,3-10H2,1-2H3. The van der Waals surface area contributed by atoms with Gasteiger partial charge in [0.25, 0.3) is 0 Å². The molecule has 14 heavy (non-hydrogen) atoms. The second kappa shape index (κ2) is 7.24. The zero-order valence-corrected chi connectivity index (χ0v) is 9.72. The third kappa shape index (κ3) is 4.43. The molecule has 1 saturated heterocycles. The first-order valence-electron chi connectivity index (χ1n) is 6.17. The van der Waals surface area contributed by atoms with Crippen LogP contribution in [0.15, 0.2) is 0 Å². The number of nitrogens with one attached hydrogen (secondary N) is 1. The van der Waals surface area contributed by atoms with E-state index >= 15 is 0 Å². The van der Waals surface area contributed by atoms with Crippen LogP contribution in [0.1, 0.15) is 46.0 Å². The van der Waals surface area contributed by atoms with Crippen LogP contribution in [0.4, 0.5) is 0 Å². The lowest BCUT2D eigenvalue weighted by Gasteiger charge is -2.29. The summed E-state index contributed by atoms with van der Waals surface area (Å²) in [6.45, 7) is 7.75. The van der Waals surface area contributed by atoms with Crippen molar-refractivity contribution in [2.75, 3.05) is 19.7 Å². The third-order valence-corrected chi connectivity index (χ3v) is 3.04. The van der Waals surface area contributed by atoms with Crippen molar-refractivity contribution in [1.29, 1.82) is 0 Å². The van der Waals surface area contributed by atoms with Crippen molar-refractivity contribution in [3.63, 3.8) is 0 Å². The molecule has 84 valence electrons. The summed E-state index contributed by atoms with van der Waals surface area (Å²) in [5.74, 6) is 0.690. The molecular weight excluding hydrogens is 174 g/mol. The largest absolute Gasteiger partial charge is 0.378 e. The van der Waals surface area contributed by atoms with Crippen molar-refractivity contribution in [3.05, 3.63) is 0 Å². The van der Waals surface area contributed by atoms with Crippen molar-refractivity contribution < 1.29 is 4.74 Å². The van der Waals surface area contributed by atoms with E-state index in [9.17, 15) is 0 Å². The number of unbranched alkanes of at least 4 members (excludes halogenated alkanes) is 3. The molecule has 0 aromatic rings. The molecule has 2 nitrogen and oxygen atoms in total. The van der Waals surface area contributed by atoms with Crippen LogP contribution in [-0.4, -0.2) is 25.8 Å². The van der Waals surface area contributed by atoms with Crippen molar-refractivity contribution >= 4 is 0 Å². The molecule has 0 spiro atoms. The van der Waals surface area contributed by atoms with E-state index in [0.717, 1.165) is 19.7 Å². The highest BCUT2D eigenvalue weighted by Crippen LogP contribution is 2.15. The van der Waals surface area contributed by atoms with Crippen LogP contribution in [0, 0.1) is 5.92 Å². The predicted molar refractivity (Wildman–Crippen MR) is 60.5 cm³/mol. The van der Waals surface area contributed by atoms with Crippen LogP contribution in [0.25, 0.3) is 0 Å². The van der Waals surface area contributed by atoms with E-state index in [2.05, 4.69) is 19.2 Å². The van der Waals surface area contributed by atoms with Crippen molar-refractivity contribution in [2.45, 2.75) is 52.1 Å². The van der Waals surface area contributed by atoms with Gasteiger partial charge in [-0.15, -0.1) is 0 Å². The molecule has 2 atom stereocenters. The Labute approximate surface area is 88.4 Å². The summed E-state index contributed by atoms with van der Waals surface area (Å²) in [5, 5.41) is 3.40. The zero-order chi connectivity index (χ0) is 10.2. The highest BCUT2D eigenvalue weighted by molar-refractivity contribution is 4.75. The average molecular weight is 199 g/mol. The van der Waals surface area contributed by atoms with Gasteiger partial charge in [0, 0.05) is 13.2 Å². The van der Waals surface area contributed by atoms with Crippen molar-refractivity contribution in [1.82, 2.24) is 5.32 Å². The van der Waals surface area contributed by atoms with Gasteiger partial charge in [0.05, 0.1) is 6.10 Å². The number of hydrogen-bond donors (Lipinski definition) is 1. The quantitative estimate of drug-likeness (QED) is 0.664. The smallest absolute Gasteiger partial charge is 0.0624 e. The first-order chi connectivity index (χ1) is 6.84. The second-order valence-corrected chi connectivity index (χ2v) is 4.44. The Morgan fingerprint density at radius 2 is 2.14 bits per heavy atom. The van der Waals surface area contributed by atoms with Gasteiger partial charge in [-0.2, -0.15) is 0 Å². The van der Waals surface area contributed by atoms with Crippen LogP contribution >= 0.6 is 0 Å². The van der Waals surface area contributed by atoms with Gasteiger partial charge in [0.2, 0.25) is 0 Å². The maximum absolute atomic E-state index is 5.90. The first-order valence-corrected chi connectivity index (χ1v) is 6.17. The first kappa shape index (κ1) is 12.0. The molecular formula is C12H25NO. The fourth-order valence-electron chi connectivity index (χ4n) is 2.00. The van der Waals surface area contributed by atoms with Crippen molar-refractivity contribution in [3.8, 4) is 0 Å². The summed E-state index contributed by atoms with van der Waals surface area (Å²) in [5.41, 5.74) is 0. The average Bonchev–Trinajstić information content (AvgIpc) is 2.20. The lowest BCUT2D eigenvalue weighted by Crippen LogP contribution is -2.39. The van der Waals surface area contributed by atoms with Gasteiger partial charge in [0.15, 0.2) is 0 Å². The van der Waals surface area contributed by atoms with Crippen LogP contribution in [0.3, 0.4) is 0 Å². The molecule has 1 fully saturated rings. The van der Waals surface area contributed by atoms with Gasteiger partial charge >= 0.3 is 0 Å². The lowest BCUT2D eigenvalue weighted by molar-refractivity contribution is -0.000756. The van der Waals surface area contributed by atoms with Gasteiger partial charge in [-0.3, -0.25) is 0 Å². The van der Waals surface area contributed by atoms with E-state index in [1.807, 2.05) is 0 Å². The Kier molecular flexibility index (Phi) is 6.20. The summed E-state index contributed by atoms with van der Waals surface area (Å²) in [4.78, 5) is 0. The van der Waals surface area contributed by atoms with E-state index in [-0.39, 0.29) is 0 Å². The molecule has 0 amide bonds. The number of ether oxygens (including phenoxy) is 1. The Bertz CT molecular complexity index is 138. The minimum Gasteiger partial charge on any atom is -0.378 e. The molecule has 1 aliphatic heterocycles. The maximum atomic E-state index is 5.90. The molecule has 0 aliphatic carbocycles. The highest BCUT2D eigenvalue weighted by Gasteiger charge is 2.20. The predicted octanol–water partition coefficient (Wildman–Crippen LogP) is 2.58. The molecule has 1 aliphatic rings. The minimum atomic E-state index is 0.512. The summed E-state index contributed by atoms with van der Waals surface area (Å²) in [6.07, 6.45) is 6.93. The van der Waals surface area contributed by atoms with Crippen LogP contribution in [0.2, 0.25) is 0 Å². The SMILES string of the molecule is CCCCCCOC1CCNCC1C. The zero-order valence-electron chi connectivity index (χ0n) is 9.72. The normalized spacial score (nSPS) is 27.9. The summed E-state index contributed by atoms with van der Waals surface area (Å²) >= 11 is 0. The number of piperidine rings is 1. The molecule has 1 rings (SSSR count). The number of rotatable bonds is 6. The fourth-order valence-corrected chi connectivity index (χ4v) is 2.00. The molecule has 1 heterocycles. The van der Waals surface area contributed by atoms with Crippen LogP contribution in [0.5, 0.6) is 0 Å². The van der Waals surface area contributed by atoms with Gasteiger partial charge in [-0.05, 0) is 25.3 Å². The Morgan fingerprint density at radius 3 is 2.86 bits per heavy atom. The summed E-state index contributed by atoms with van der Waals surface area (Å²) in [7, 11) is 0. The van der Waals surface area contributed by atoms with Gasteiger partial charge in [-0.1, -0.05) is 33.1 Å². The van der Waals surface area contributed by atoms with Crippen molar-refractivity contribution in [2.24, 2.45) is 5.92 Å². The minimum absolute atomic E-state index is 0.512. The summed E-state index contributed by atoms with van der Waals surface area (Å²) in [6, 6.07) is 0. The van der Waals surface area contributed by atoms with Gasteiger partial charge in [-0.25, -0.2) is 0 Å². The Balaban J connectivity index is 1.99. The third-order valence-electron chi connectivity index (χ3n) is 3.04.